The zero-order valence-electron chi connectivity index (χ0n) is 8.20. The van der Waals surface area contributed by atoms with E-state index in [-0.39, 0.29) is 11.6 Å². The molecule has 0 saturated carbocycles. The number of halogens is 1. The topological polar surface area (TPSA) is 55.8 Å². The maximum Gasteiger partial charge on any atom is 0.250 e. The monoisotopic (exact) mass is 240 g/mol. The molecule has 1 N–H and O–H groups in total. The highest BCUT2D eigenvalue weighted by atomic mass is 35.5. The summed E-state index contributed by atoms with van der Waals surface area (Å²) in [6.07, 6.45) is -1.02. The third-order valence-electron chi connectivity index (χ3n) is 1.78. The van der Waals surface area contributed by atoms with Crippen LogP contribution in [0.15, 0.2) is 0 Å². The van der Waals surface area contributed by atoms with Gasteiger partial charge in [-0.3, -0.25) is 4.79 Å². The van der Waals surface area contributed by atoms with Crippen LogP contribution in [0, 0.1) is 5.41 Å². The van der Waals surface area contributed by atoms with Crippen LogP contribution in [-0.2, 0) is 13.8 Å². The van der Waals surface area contributed by atoms with E-state index in [9.17, 15) is 9.90 Å². The molecule has 14 heavy (non-hydrogen) atoms. The van der Waals surface area contributed by atoms with Gasteiger partial charge < -0.3 is 14.2 Å². The summed E-state index contributed by atoms with van der Waals surface area (Å²) in [6.45, 7) is 5.23. The van der Waals surface area contributed by atoms with Crippen LogP contribution in [0.3, 0.4) is 0 Å². The van der Waals surface area contributed by atoms with Crippen molar-refractivity contribution in [3.8, 4) is 0 Å². The van der Waals surface area contributed by atoms with Gasteiger partial charge in [-0.25, -0.2) is 0 Å². The molecule has 4 nitrogen and oxygen atoms in total. The van der Waals surface area contributed by atoms with E-state index >= 15 is 0 Å². The summed E-state index contributed by atoms with van der Waals surface area (Å²) in [5.74, 6) is 0. The summed E-state index contributed by atoms with van der Waals surface area (Å²) in [6, 6.07) is 0. The van der Waals surface area contributed by atoms with Crippen molar-refractivity contribution in [3.05, 3.63) is 0 Å². The Morgan fingerprint density at radius 3 is 2.50 bits per heavy atom. The van der Waals surface area contributed by atoms with Crippen LogP contribution in [-0.4, -0.2) is 35.8 Å². The van der Waals surface area contributed by atoms with Crippen molar-refractivity contribution in [2.75, 3.05) is 19.4 Å². The van der Waals surface area contributed by atoms with Crippen molar-refractivity contribution in [1.29, 1.82) is 0 Å². The Hall–Kier alpha value is 0.270. The lowest BCUT2D eigenvalue weighted by atomic mass is 9.97. The van der Waals surface area contributed by atoms with Crippen LogP contribution in [0.2, 0.25) is 0 Å². The zero-order chi connectivity index (χ0) is 10.8. The zero-order valence-corrected chi connectivity index (χ0v) is 9.85. The Kier molecular flexibility index (Phi) is 4.29. The van der Waals surface area contributed by atoms with E-state index in [1.54, 1.807) is 0 Å². The number of aliphatic hydroxyl groups is 1. The van der Waals surface area contributed by atoms with Gasteiger partial charge in [-0.2, -0.15) is 0 Å². The minimum atomic E-state index is -1.18. The van der Waals surface area contributed by atoms with Crippen LogP contribution in [0.25, 0.3) is 0 Å². The quantitative estimate of drug-likeness (QED) is 0.600. The highest BCUT2D eigenvalue weighted by molar-refractivity contribution is 7.47. The molecule has 1 fully saturated rings. The molecule has 0 radical (unpaired) electrons. The van der Waals surface area contributed by atoms with Crippen LogP contribution < -0.4 is 0 Å². The molecule has 1 aliphatic rings. The Morgan fingerprint density at radius 1 is 1.57 bits per heavy atom. The molecular formula is C8H14ClO4P. The van der Waals surface area contributed by atoms with Crippen molar-refractivity contribution in [2.45, 2.75) is 20.0 Å². The Labute approximate surface area is 89.4 Å². The van der Waals surface area contributed by atoms with Gasteiger partial charge in [-0.1, -0.05) is 13.8 Å². The molecule has 82 valence electrons. The summed E-state index contributed by atoms with van der Waals surface area (Å²) >= 11 is 5.11. The molecule has 0 amide bonds. The molecule has 0 aromatic rings. The summed E-state index contributed by atoms with van der Waals surface area (Å²) in [5, 5.41) is 8.42. The SMILES string of the molecule is CC1(C)COP(CC(O)C(=O)Cl)OC1. The van der Waals surface area contributed by atoms with Gasteiger partial charge >= 0.3 is 0 Å². The van der Waals surface area contributed by atoms with Gasteiger partial charge in [0.2, 0.25) is 0 Å². The maximum absolute atomic E-state index is 10.6. The fourth-order valence-electron chi connectivity index (χ4n) is 0.891. The van der Waals surface area contributed by atoms with Gasteiger partial charge in [-0.15, -0.1) is 0 Å². The first-order valence-corrected chi connectivity index (χ1v) is 6.05. The number of carbonyl (C=O) groups excluding carboxylic acids is 1. The second-order valence-corrected chi connectivity index (χ2v) is 5.97. The van der Waals surface area contributed by atoms with E-state index in [4.69, 9.17) is 20.6 Å². The first-order valence-electron chi connectivity index (χ1n) is 4.31. The van der Waals surface area contributed by atoms with Crippen molar-refractivity contribution >= 4 is 25.2 Å². The van der Waals surface area contributed by atoms with Crippen LogP contribution in [0.1, 0.15) is 13.8 Å². The molecule has 1 unspecified atom stereocenters. The molecule has 0 aromatic carbocycles. The largest absolute Gasteiger partial charge is 0.383 e. The molecule has 1 heterocycles. The van der Waals surface area contributed by atoms with Crippen LogP contribution in [0.4, 0.5) is 0 Å². The molecule has 0 aromatic heterocycles. The minimum absolute atomic E-state index is 0.00869. The van der Waals surface area contributed by atoms with E-state index in [2.05, 4.69) is 0 Å². The van der Waals surface area contributed by atoms with Gasteiger partial charge in [0.05, 0.1) is 19.4 Å². The van der Waals surface area contributed by atoms with E-state index in [0.717, 1.165) is 0 Å². The Bertz CT molecular complexity index is 211. The average Bonchev–Trinajstić information content (AvgIpc) is 2.08. The minimum Gasteiger partial charge on any atom is -0.383 e. The fraction of sp³-hybridized carbons (Fsp3) is 0.875. The van der Waals surface area contributed by atoms with E-state index in [1.165, 1.54) is 0 Å². The van der Waals surface area contributed by atoms with Gasteiger partial charge in [-0.05, 0) is 11.6 Å². The average molecular weight is 241 g/mol. The second-order valence-electron chi connectivity index (χ2n) is 4.05. The van der Waals surface area contributed by atoms with Gasteiger partial charge in [0, 0.05) is 5.41 Å². The van der Waals surface area contributed by atoms with E-state index in [0.29, 0.717) is 13.2 Å². The highest BCUT2D eigenvalue weighted by Crippen LogP contribution is 2.46. The third-order valence-corrected chi connectivity index (χ3v) is 3.51. The number of hydrogen-bond donors (Lipinski definition) is 1. The van der Waals surface area contributed by atoms with Crippen molar-refractivity contribution in [3.63, 3.8) is 0 Å². The van der Waals surface area contributed by atoms with E-state index < -0.39 is 19.7 Å². The molecule has 1 rings (SSSR count). The van der Waals surface area contributed by atoms with Crippen molar-refractivity contribution < 1.29 is 18.9 Å². The molecule has 0 bridgehead atoms. The lowest BCUT2D eigenvalue weighted by molar-refractivity contribution is -0.118. The molecule has 0 spiro atoms. The summed E-state index contributed by atoms with van der Waals surface area (Å²) in [7, 11) is -1.16. The molecule has 1 saturated heterocycles. The lowest BCUT2D eigenvalue weighted by Gasteiger charge is -2.34. The number of carbonyl (C=O) groups is 1. The molecule has 1 atom stereocenters. The molecule has 0 aliphatic carbocycles. The first kappa shape index (κ1) is 12.3. The van der Waals surface area contributed by atoms with Gasteiger partial charge in [0.1, 0.15) is 6.10 Å². The smallest absolute Gasteiger partial charge is 0.250 e. The maximum atomic E-state index is 10.6. The fourth-order valence-corrected chi connectivity index (χ4v) is 2.80. The van der Waals surface area contributed by atoms with Crippen molar-refractivity contribution in [2.24, 2.45) is 5.41 Å². The normalized spacial score (nSPS) is 24.6. The predicted molar refractivity (Wildman–Crippen MR) is 54.3 cm³/mol. The molecule has 6 heteroatoms. The summed E-state index contributed by atoms with van der Waals surface area (Å²) in [5.41, 5.74) is 0.00869. The van der Waals surface area contributed by atoms with Gasteiger partial charge in [0.15, 0.2) is 8.38 Å². The van der Waals surface area contributed by atoms with E-state index in [1.807, 2.05) is 13.8 Å². The van der Waals surface area contributed by atoms with Crippen LogP contribution >= 0.6 is 20.0 Å². The lowest BCUT2D eigenvalue weighted by Crippen LogP contribution is -2.30. The Balaban J connectivity index is 2.32. The predicted octanol–water partition coefficient (Wildman–Crippen LogP) is 1.50. The number of aliphatic hydroxyl groups excluding tert-OH is 1. The number of hydrogen-bond acceptors (Lipinski definition) is 4. The van der Waals surface area contributed by atoms with Crippen LogP contribution in [0.5, 0.6) is 0 Å². The Morgan fingerprint density at radius 2 is 2.07 bits per heavy atom. The molecular weight excluding hydrogens is 227 g/mol. The summed E-state index contributed by atoms with van der Waals surface area (Å²) < 4.78 is 10.8. The standard InChI is InChI=1S/C8H14ClO4P/c1-8(2)4-12-14(13-5-8)3-6(10)7(9)11/h6,10H,3-5H2,1-2H3. The second kappa shape index (κ2) is 4.86. The number of rotatable bonds is 3. The molecule has 1 aliphatic heterocycles. The van der Waals surface area contributed by atoms with Crippen molar-refractivity contribution in [1.82, 2.24) is 0 Å². The summed E-state index contributed by atoms with van der Waals surface area (Å²) in [4.78, 5) is 10.6. The first-order chi connectivity index (χ1) is 6.41. The van der Waals surface area contributed by atoms with Gasteiger partial charge in [0.25, 0.3) is 5.24 Å². The third kappa shape index (κ3) is 3.79. The highest BCUT2D eigenvalue weighted by Gasteiger charge is 2.31.